The molecule has 0 saturated carbocycles. The van der Waals surface area contributed by atoms with Crippen molar-refractivity contribution in [3.05, 3.63) is 59.7 Å². The molecule has 0 unspecified atom stereocenters. The normalized spacial score (nSPS) is 11.1. The number of carbonyl (C=O) groups excluding carboxylic acids is 2. The fraction of sp³-hybridized carbons (Fsp3) is 0.222. The predicted octanol–water partition coefficient (Wildman–Crippen LogP) is 4.01. The third-order valence-corrected chi connectivity index (χ3v) is 3.50. The molecule has 25 heavy (non-hydrogen) atoms. The van der Waals surface area contributed by atoms with Crippen molar-refractivity contribution in [3.63, 3.8) is 0 Å². The van der Waals surface area contributed by atoms with Gasteiger partial charge in [0.05, 0.1) is 11.3 Å². The molecular formula is C18H17F3N2O2. The van der Waals surface area contributed by atoms with Crippen molar-refractivity contribution in [2.75, 3.05) is 16.8 Å². The quantitative estimate of drug-likeness (QED) is 0.906. The van der Waals surface area contributed by atoms with Crippen molar-refractivity contribution >= 4 is 23.2 Å². The molecule has 2 aromatic carbocycles. The summed E-state index contributed by atoms with van der Waals surface area (Å²) in [6, 6.07) is 11.6. The number of hydrogen-bond donors (Lipinski definition) is 1. The Kier molecular flexibility index (Phi) is 5.46. The first-order valence-corrected chi connectivity index (χ1v) is 7.49. The zero-order chi connectivity index (χ0) is 18.6. The maximum absolute atomic E-state index is 13.0. The Morgan fingerprint density at radius 2 is 1.76 bits per heavy atom. The lowest BCUT2D eigenvalue weighted by Gasteiger charge is -2.21. The molecule has 0 aliphatic carbocycles. The molecule has 2 rings (SSSR count). The molecule has 0 aliphatic heterocycles. The lowest BCUT2D eigenvalue weighted by molar-refractivity contribution is -0.137. The van der Waals surface area contributed by atoms with E-state index in [4.69, 9.17) is 0 Å². The van der Waals surface area contributed by atoms with E-state index in [0.29, 0.717) is 5.69 Å². The van der Waals surface area contributed by atoms with Gasteiger partial charge >= 0.3 is 6.18 Å². The highest BCUT2D eigenvalue weighted by atomic mass is 19.4. The van der Waals surface area contributed by atoms with Gasteiger partial charge in [-0.25, -0.2) is 0 Å². The Balaban J connectivity index is 2.20. The molecule has 0 saturated heterocycles. The zero-order valence-corrected chi connectivity index (χ0v) is 13.7. The van der Waals surface area contributed by atoms with Crippen LogP contribution in [-0.2, 0) is 15.8 Å². The van der Waals surface area contributed by atoms with Crippen LogP contribution in [0.1, 0.15) is 18.1 Å². The van der Waals surface area contributed by atoms with Gasteiger partial charge in [-0.05, 0) is 36.8 Å². The van der Waals surface area contributed by atoms with Crippen LogP contribution in [0.2, 0.25) is 0 Å². The molecule has 132 valence electrons. The van der Waals surface area contributed by atoms with E-state index in [1.165, 1.54) is 30.0 Å². The summed E-state index contributed by atoms with van der Waals surface area (Å²) >= 11 is 0. The van der Waals surface area contributed by atoms with Crippen molar-refractivity contribution in [3.8, 4) is 0 Å². The Hall–Kier alpha value is -2.83. The van der Waals surface area contributed by atoms with Gasteiger partial charge in [-0.15, -0.1) is 0 Å². The number of rotatable bonds is 4. The van der Waals surface area contributed by atoms with Crippen LogP contribution in [0.5, 0.6) is 0 Å². The van der Waals surface area contributed by atoms with Crippen LogP contribution in [0.15, 0.2) is 48.5 Å². The van der Waals surface area contributed by atoms with Crippen molar-refractivity contribution < 1.29 is 22.8 Å². The standard InChI is InChI=1S/C18H17F3N2O2/c1-12-6-5-7-14(10-12)23(13(2)24)11-17(25)22-16-9-4-3-8-15(16)18(19,20)21/h3-10H,11H2,1-2H3,(H,22,25). The minimum Gasteiger partial charge on any atom is -0.324 e. The molecule has 0 heterocycles. The van der Waals surface area contributed by atoms with Crippen LogP contribution in [-0.4, -0.2) is 18.4 Å². The summed E-state index contributed by atoms with van der Waals surface area (Å²) in [7, 11) is 0. The van der Waals surface area contributed by atoms with Crippen molar-refractivity contribution in [1.82, 2.24) is 0 Å². The maximum atomic E-state index is 13.0. The van der Waals surface area contributed by atoms with Crippen LogP contribution in [0.4, 0.5) is 24.5 Å². The Labute approximate surface area is 143 Å². The van der Waals surface area contributed by atoms with E-state index in [1.807, 2.05) is 13.0 Å². The number of benzene rings is 2. The van der Waals surface area contributed by atoms with E-state index in [2.05, 4.69) is 5.32 Å². The minimum atomic E-state index is -4.58. The smallest absolute Gasteiger partial charge is 0.324 e. The number of nitrogens with zero attached hydrogens (tertiary/aromatic N) is 1. The summed E-state index contributed by atoms with van der Waals surface area (Å²) in [5, 5.41) is 2.23. The molecule has 0 fully saturated rings. The average Bonchev–Trinajstić information content (AvgIpc) is 2.52. The van der Waals surface area contributed by atoms with E-state index >= 15 is 0 Å². The molecule has 0 aliphatic rings. The Bertz CT molecular complexity index is 788. The maximum Gasteiger partial charge on any atom is 0.418 e. The van der Waals surface area contributed by atoms with Gasteiger partial charge in [-0.3, -0.25) is 9.59 Å². The minimum absolute atomic E-state index is 0.340. The van der Waals surface area contributed by atoms with E-state index in [-0.39, 0.29) is 18.1 Å². The number of carbonyl (C=O) groups is 2. The first-order chi connectivity index (χ1) is 11.7. The summed E-state index contributed by atoms with van der Waals surface area (Å²) < 4.78 is 38.9. The number of aryl methyl sites for hydroxylation is 1. The molecule has 1 N–H and O–H groups in total. The fourth-order valence-corrected chi connectivity index (χ4v) is 2.35. The Morgan fingerprint density at radius 1 is 1.08 bits per heavy atom. The topological polar surface area (TPSA) is 49.4 Å². The second-order valence-corrected chi connectivity index (χ2v) is 5.54. The first kappa shape index (κ1) is 18.5. The largest absolute Gasteiger partial charge is 0.418 e. The van der Waals surface area contributed by atoms with E-state index in [0.717, 1.165) is 11.6 Å². The fourth-order valence-electron chi connectivity index (χ4n) is 2.35. The zero-order valence-electron chi connectivity index (χ0n) is 13.7. The number of amides is 2. The Morgan fingerprint density at radius 3 is 2.36 bits per heavy atom. The lowest BCUT2D eigenvalue weighted by Crippen LogP contribution is -2.37. The molecule has 0 aromatic heterocycles. The van der Waals surface area contributed by atoms with Crippen LogP contribution >= 0.6 is 0 Å². The summed E-state index contributed by atoms with van der Waals surface area (Å²) in [6.07, 6.45) is -4.58. The number of alkyl halides is 3. The van der Waals surface area contributed by atoms with E-state index in [1.54, 1.807) is 18.2 Å². The third-order valence-electron chi connectivity index (χ3n) is 3.50. The van der Waals surface area contributed by atoms with Gasteiger partial charge in [0, 0.05) is 12.6 Å². The number of anilines is 2. The summed E-state index contributed by atoms with van der Waals surface area (Å²) in [6.45, 7) is 2.74. The van der Waals surface area contributed by atoms with Gasteiger partial charge in [0.15, 0.2) is 0 Å². The third kappa shape index (κ3) is 4.82. The molecule has 4 nitrogen and oxygen atoms in total. The number of para-hydroxylation sites is 1. The van der Waals surface area contributed by atoms with Crippen LogP contribution in [0, 0.1) is 6.92 Å². The van der Waals surface area contributed by atoms with Crippen LogP contribution in [0.25, 0.3) is 0 Å². The van der Waals surface area contributed by atoms with Crippen LogP contribution in [0.3, 0.4) is 0 Å². The molecule has 2 amide bonds. The summed E-state index contributed by atoms with van der Waals surface area (Å²) in [4.78, 5) is 25.2. The van der Waals surface area contributed by atoms with Crippen molar-refractivity contribution in [1.29, 1.82) is 0 Å². The van der Waals surface area contributed by atoms with Crippen molar-refractivity contribution in [2.24, 2.45) is 0 Å². The highest BCUT2D eigenvalue weighted by molar-refractivity contribution is 6.02. The second-order valence-electron chi connectivity index (χ2n) is 5.54. The van der Waals surface area contributed by atoms with Gasteiger partial charge in [-0.2, -0.15) is 13.2 Å². The van der Waals surface area contributed by atoms with Gasteiger partial charge in [0.25, 0.3) is 0 Å². The summed E-state index contributed by atoms with van der Waals surface area (Å²) in [5.74, 6) is -1.10. The highest BCUT2D eigenvalue weighted by Gasteiger charge is 2.33. The highest BCUT2D eigenvalue weighted by Crippen LogP contribution is 2.34. The molecule has 0 bridgehead atoms. The van der Waals surface area contributed by atoms with Crippen molar-refractivity contribution in [2.45, 2.75) is 20.0 Å². The number of hydrogen-bond acceptors (Lipinski definition) is 2. The molecule has 0 radical (unpaired) electrons. The SMILES string of the molecule is CC(=O)N(CC(=O)Nc1ccccc1C(F)(F)F)c1cccc(C)c1. The monoisotopic (exact) mass is 350 g/mol. The van der Waals surface area contributed by atoms with E-state index < -0.39 is 17.6 Å². The second kappa shape index (κ2) is 7.38. The van der Waals surface area contributed by atoms with Gasteiger partial charge in [0.2, 0.25) is 11.8 Å². The van der Waals surface area contributed by atoms with Gasteiger partial charge in [0.1, 0.15) is 6.54 Å². The summed E-state index contributed by atoms with van der Waals surface area (Å²) in [5.41, 5.74) is 0.124. The molecular weight excluding hydrogens is 333 g/mol. The first-order valence-electron chi connectivity index (χ1n) is 7.49. The molecule has 0 spiro atoms. The lowest BCUT2D eigenvalue weighted by atomic mass is 10.1. The van der Waals surface area contributed by atoms with E-state index in [9.17, 15) is 22.8 Å². The predicted molar refractivity (Wildman–Crippen MR) is 89.3 cm³/mol. The average molecular weight is 350 g/mol. The number of halogens is 3. The number of nitrogens with one attached hydrogen (secondary N) is 1. The molecule has 2 aromatic rings. The van der Waals surface area contributed by atoms with Crippen LogP contribution < -0.4 is 10.2 Å². The molecule has 0 atom stereocenters. The van der Waals surface area contributed by atoms with Gasteiger partial charge < -0.3 is 10.2 Å². The molecule has 7 heteroatoms. The van der Waals surface area contributed by atoms with Gasteiger partial charge in [-0.1, -0.05) is 24.3 Å².